The van der Waals surface area contributed by atoms with Crippen LogP contribution in [0.5, 0.6) is 0 Å². The minimum Gasteiger partial charge on any atom is -0.348 e. The van der Waals surface area contributed by atoms with Gasteiger partial charge in [-0.3, -0.25) is 0 Å². The van der Waals surface area contributed by atoms with Gasteiger partial charge in [0.1, 0.15) is 7.85 Å². The van der Waals surface area contributed by atoms with Crippen molar-refractivity contribution in [1.82, 2.24) is 9.97 Å². The van der Waals surface area contributed by atoms with Crippen molar-refractivity contribution >= 4 is 7.85 Å². The third-order valence-corrected chi connectivity index (χ3v) is 4.56. The summed E-state index contributed by atoms with van der Waals surface area (Å²) in [4.78, 5) is 7.00. The Morgan fingerprint density at radius 1 is 0.923 bits per heavy atom. The summed E-state index contributed by atoms with van der Waals surface area (Å²) in [5.41, 5.74) is 4.26. The van der Waals surface area contributed by atoms with E-state index < -0.39 is 0 Å². The number of aromatic nitrogens is 2. The van der Waals surface area contributed by atoms with E-state index >= 15 is 0 Å². The van der Waals surface area contributed by atoms with Crippen LogP contribution < -0.4 is 0 Å². The van der Waals surface area contributed by atoms with Crippen molar-refractivity contribution in [2.75, 3.05) is 0 Å². The first-order valence-electron chi connectivity index (χ1n) is 9.61. The molecule has 0 spiro atoms. The minimum absolute atomic E-state index is 0.205. The molecule has 1 heterocycles. The number of rotatable bonds is 5. The van der Waals surface area contributed by atoms with Gasteiger partial charge in [0, 0.05) is 23.2 Å². The summed E-state index contributed by atoms with van der Waals surface area (Å²) in [7, 11) is 2.26. The monoisotopic (exact) mass is 346 g/mol. The topological polar surface area (TPSA) is 28.7 Å². The van der Waals surface area contributed by atoms with Crippen molar-refractivity contribution in [3.8, 4) is 0 Å². The smallest absolute Gasteiger partial charge is 0.101 e. The van der Waals surface area contributed by atoms with E-state index in [0.717, 1.165) is 0 Å². The van der Waals surface area contributed by atoms with Crippen LogP contribution in [0.25, 0.3) is 0 Å². The van der Waals surface area contributed by atoms with E-state index in [-0.39, 0.29) is 5.41 Å². The summed E-state index contributed by atoms with van der Waals surface area (Å²) < 4.78 is 0. The third-order valence-electron chi connectivity index (χ3n) is 4.56. The Morgan fingerprint density at radius 3 is 1.81 bits per heavy atom. The van der Waals surface area contributed by atoms with Gasteiger partial charge in [-0.15, -0.1) is 0 Å². The number of nitrogens with one attached hydrogen (secondary N) is 1. The molecule has 0 aliphatic heterocycles. The van der Waals surface area contributed by atoms with E-state index in [1.807, 2.05) is 6.20 Å². The SMILES string of the molecule is BCCCC(c1ccccc1)c1ccccc1.CC(C)(C)c1cnc[nH]1. The molecule has 0 fully saturated rings. The lowest BCUT2D eigenvalue weighted by Gasteiger charge is -2.17. The van der Waals surface area contributed by atoms with E-state index in [2.05, 4.69) is 99.2 Å². The van der Waals surface area contributed by atoms with Crippen molar-refractivity contribution in [3.05, 3.63) is 90.0 Å². The number of imidazole rings is 1. The molecule has 3 rings (SSSR count). The van der Waals surface area contributed by atoms with Crippen LogP contribution in [0.3, 0.4) is 0 Å². The highest BCUT2D eigenvalue weighted by molar-refractivity contribution is 6.08. The molecule has 0 saturated carbocycles. The predicted molar refractivity (Wildman–Crippen MR) is 115 cm³/mol. The van der Waals surface area contributed by atoms with Gasteiger partial charge in [-0.05, 0) is 17.5 Å². The van der Waals surface area contributed by atoms with E-state index in [1.165, 1.54) is 36.0 Å². The molecule has 0 amide bonds. The van der Waals surface area contributed by atoms with Crippen LogP contribution in [-0.4, -0.2) is 17.8 Å². The van der Waals surface area contributed by atoms with Crippen molar-refractivity contribution in [1.29, 1.82) is 0 Å². The number of benzene rings is 2. The van der Waals surface area contributed by atoms with Gasteiger partial charge in [0.05, 0.1) is 6.33 Å². The zero-order valence-electron chi connectivity index (χ0n) is 16.6. The molecule has 3 heteroatoms. The normalized spacial score (nSPS) is 11.1. The Morgan fingerprint density at radius 2 is 1.46 bits per heavy atom. The quantitative estimate of drug-likeness (QED) is 0.619. The largest absolute Gasteiger partial charge is 0.348 e. The van der Waals surface area contributed by atoms with Crippen molar-refractivity contribution < 1.29 is 0 Å². The number of hydrogen-bond acceptors (Lipinski definition) is 1. The fourth-order valence-corrected chi connectivity index (χ4v) is 2.97. The van der Waals surface area contributed by atoms with Crippen LogP contribution in [0.1, 0.15) is 56.4 Å². The van der Waals surface area contributed by atoms with Gasteiger partial charge in [-0.25, -0.2) is 4.98 Å². The number of aromatic amines is 1. The lowest BCUT2D eigenvalue weighted by atomic mass is 9.85. The molecule has 2 aromatic carbocycles. The molecular weight excluding hydrogens is 315 g/mol. The fraction of sp³-hybridized carbons (Fsp3) is 0.348. The maximum atomic E-state index is 3.93. The number of hydrogen-bond donors (Lipinski definition) is 1. The molecule has 2 nitrogen and oxygen atoms in total. The first kappa shape index (κ1) is 20.0. The first-order valence-corrected chi connectivity index (χ1v) is 9.61. The lowest BCUT2D eigenvalue weighted by molar-refractivity contribution is 0.572. The zero-order valence-corrected chi connectivity index (χ0v) is 16.6. The summed E-state index contributed by atoms with van der Waals surface area (Å²) in [5.74, 6) is 0.553. The molecule has 0 saturated heterocycles. The van der Waals surface area contributed by atoms with Crippen LogP contribution in [0.4, 0.5) is 0 Å². The second-order valence-corrected chi connectivity index (χ2v) is 7.73. The highest BCUT2D eigenvalue weighted by Crippen LogP contribution is 2.29. The molecule has 136 valence electrons. The van der Waals surface area contributed by atoms with Crippen molar-refractivity contribution in [2.24, 2.45) is 0 Å². The standard InChI is InChI=1S/C16H19B.C7H12N2/c17-13-7-12-16(14-8-3-1-4-9-14)15-10-5-2-6-11-15;1-7(2,3)6-4-8-5-9-6/h1-6,8-11,16H,7,12-13,17H2;4-5H,1-3H3,(H,8,9). The first-order chi connectivity index (χ1) is 12.5. The van der Waals surface area contributed by atoms with Crippen LogP contribution in [0.15, 0.2) is 73.2 Å². The van der Waals surface area contributed by atoms with Gasteiger partial charge in [-0.2, -0.15) is 0 Å². The minimum atomic E-state index is 0.205. The van der Waals surface area contributed by atoms with E-state index in [0.29, 0.717) is 5.92 Å². The number of H-pyrrole nitrogens is 1. The molecule has 26 heavy (non-hydrogen) atoms. The average Bonchev–Trinajstić information content (AvgIpc) is 3.20. The Hall–Kier alpha value is -2.29. The summed E-state index contributed by atoms with van der Waals surface area (Å²) in [5, 5.41) is 0. The lowest BCUT2D eigenvalue weighted by Crippen LogP contribution is -2.10. The van der Waals surface area contributed by atoms with E-state index in [9.17, 15) is 0 Å². The Kier molecular flexibility index (Phi) is 7.71. The van der Waals surface area contributed by atoms with Gasteiger partial charge in [-0.1, -0.05) is 94.2 Å². The van der Waals surface area contributed by atoms with Crippen molar-refractivity contribution in [3.63, 3.8) is 0 Å². The molecule has 0 bridgehead atoms. The molecule has 3 aromatic rings. The molecule has 0 radical (unpaired) electrons. The molecule has 1 aromatic heterocycles. The van der Waals surface area contributed by atoms with Gasteiger partial charge < -0.3 is 4.98 Å². The maximum Gasteiger partial charge on any atom is 0.101 e. The summed E-state index contributed by atoms with van der Waals surface area (Å²) in [6, 6.07) is 21.7. The molecule has 0 unspecified atom stereocenters. The van der Waals surface area contributed by atoms with Gasteiger partial charge in [0.2, 0.25) is 0 Å². The van der Waals surface area contributed by atoms with Crippen LogP contribution in [0, 0.1) is 0 Å². The average molecular weight is 346 g/mol. The van der Waals surface area contributed by atoms with Gasteiger partial charge >= 0.3 is 0 Å². The maximum absolute atomic E-state index is 3.93. The van der Waals surface area contributed by atoms with Crippen molar-refractivity contribution in [2.45, 2.75) is 51.3 Å². The Bertz CT molecular complexity index is 676. The Labute approximate surface area is 159 Å². The molecule has 0 aliphatic carbocycles. The van der Waals surface area contributed by atoms with Crippen LogP contribution in [0.2, 0.25) is 6.32 Å². The zero-order chi connectivity index (χ0) is 18.8. The van der Waals surface area contributed by atoms with Gasteiger partial charge in [0.25, 0.3) is 0 Å². The van der Waals surface area contributed by atoms with Crippen LogP contribution >= 0.6 is 0 Å². The molecule has 0 atom stereocenters. The van der Waals surface area contributed by atoms with E-state index in [4.69, 9.17) is 0 Å². The fourth-order valence-electron chi connectivity index (χ4n) is 2.97. The molecule has 1 N–H and O–H groups in total. The Balaban J connectivity index is 0.000000228. The highest BCUT2D eigenvalue weighted by Gasteiger charge is 2.14. The summed E-state index contributed by atoms with van der Waals surface area (Å²) >= 11 is 0. The highest BCUT2D eigenvalue weighted by atomic mass is 14.9. The second-order valence-electron chi connectivity index (χ2n) is 7.73. The van der Waals surface area contributed by atoms with Gasteiger partial charge in [0.15, 0.2) is 0 Å². The second kappa shape index (κ2) is 10.0. The molecule has 0 aliphatic rings. The number of nitrogens with zero attached hydrogens (tertiary/aromatic N) is 1. The molecular formula is C23H31BN2. The summed E-state index contributed by atoms with van der Waals surface area (Å²) in [6.07, 6.45) is 7.36. The van der Waals surface area contributed by atoms with E-state index in [1.54, 1.807) is 6.33 Å². The third kappa shape index (κ3) is 6.22. The summed E-state index contributed by atoms with van der Waals surface area (Å²) in [6.45, 7) is 6.46. The predicted octanol–water partition coefficient (Wildman–Crippen LogP) is 5.36. The van der Waals surface area contributed by atoms with Crippen LogP contribution in [-0.2, 0) is 5.41 Å².